The lowest BCUT2D eigenvalue weighted by Crippen LogP contribution is -2.36. The topological polar surface area (TPSA) is 32.3 Å². The predicted molar refractivity (Wildman–Crippen MR) is 115 cm³/mol. The molecule has 0 aliphatic carbocycles. The number of anilines is 1. The van der Waals surface area contributed by atoms with Crippen LogP contribution in [-0.4, -0.2) is 24.0 Å². The molecule has 3 nitrogen and oxygen atoms in total. The second-order valence-electron chi connectivity index (χ2n) is 7.29. The van der Waals surface area contributed by atoms with Crippen molar-refractivity contribution in [2.75, 3.05) is 18.4 Å². The van der Waals surface area contributed by atoms with Crippen molar-refractivity contribution in [1.82, 2.24) is 4.90 Å². The number of unbranched alkanes of at least 4 members (excludes halogenated alkanes) is 4. The molecule has 0 saturated carbocycles. The van der Waals surface area contributed by atoms with Gasteiger partial charge in [-0.25, -0.2) is 4.79 Å². The van der Waals surface area contributed by atoms with Crippen LogP contribution in [0.2, 0.25) is 0 Å². The first-order valence-corrected chi connectivity index (χ1v) is 10.4. The first-order chi connectivity index (χ1) is 13.2. The van der Waals surface area contributed by atoms with Crippen molar-refractivity contribution in [3.63, 3.8) is 0 Å². The Hall–Kier alpha value is -2.29. The molecule has 0 aromatic heterocycles. The maximum absolute atomic E-state index is 12.8. The third-order valence-electron chi connectivity index (χ3n) is 4.82. The van der Waals surface area contributed by atoms with Gasteiger partial charge in [-0.05, 0) is 55.9 Å². The highest BCUT2D eigenvalue weighted by Crippen LogP contribution is 2.12. The zero-order valence-electron chi connectivity index (χ0n) is 16.9. The van der Waals surface area contributed by atoms with Gasteiger partial charge in [-0.15, -0.1) is 0 Å². The van der Waals surface area contributed by atoms with Crippen molar-refractivity contribution in [2.45, 2.75) is 58.8 Å². The van der Waals surface area contributed by atoms with Gasteiger partial charge in [0, 0.05) is 18.8 Å². The maximum Gasteiger partial charge on any atom is 0.321 e. The standard InChI is InChI=1S/C24H34N2O/c1-3-4-5-10-18-26(19-11-9-16-22-14-7-6-8-15-22)24(27)25-23-17-12-13-21(2)20-23/h6-8,12-15,17,20H,3-5,9-11,16,18-19H2,1-2H3,(H,25,27). The van der Waals surface area contributed by atoms with Crippen LogP contribution in [0, 0.1) is 6.92 Å². The first kappa shape index (κ1) is 21.0. The van der Waals surface area contributed by atoms with E-state index >= 15 is 0 Å². The van der Waals surface area contributed by atoms with Gasteiger partial charge in [-0.2, -0.15) is 0 Å². The van der Waals surface area contributed by atoms with E-state index in [1.807, 2.05) is 36.1 Å². The molecule has 2 aromatic rings. The molecule has 146 valence electrons. The number of carbonyl (C=O) groups is 1. The van der Waals surface area contributed by atoms with Crippen molar-refractivity contribution >= 4 is 11.7 Å². The van der Waals surface area contributed by atoms with Crippen molar-refractivity contribution in [3.8, 4) is 0 Å². The van der Waals surface area contributed by atoms with Gasteiger partial charge in [0.2, 0.25) is 0 Å². The fourth-order valence-corrected chi connectivity index (χ4v) is 3.25. The van der Waals surface area contributed by atoms with Gasteiger partial charge in [0.15, 0.2) is 0 Å². The lowest BCUT2D eigenvalue weighted by molar-refractivity contribution is 0.209. The van der Waals surface area contributed by atoms with Crippen LogP contribution in [0.1, 0.15) is 56.6 Å². The minimum atomic E-state index is 0.0248. The lowest BCUT2D eigenvalue weighted by Gasteiger charge is -2.23. The number of urea groups is 1. The van der Waals surface area contributed by atoms with E-state index in [9.17, 15) is 4.79 Å². The summed E-state index contributed by atoms with van der Waals surface area (Å²) in [5.41, 5.74) is 3.41. The molecule has 0 aliphatic heterocycles. The van der Waals surface area contributed by atoms with Gasteiger partial charge >= 0.3 is 6.03 Å². The molecule has 0 saturated heterocycles. The van der Waals surface area contributed by atoms with Crippen LogP contribution in [0.5, 0.6) is 0 Å². The molecule has 2 rings (SSSR count). The molecular weight excluding hydrogens is 332 g/mol. The number of rotatable bonds is 11. The highest BCUT2D eigenvalue weighted by Gasteiger charge is 2.13. The van der Waals surface area contributed by atoms with E-state index in [0.29, 0.717) is 0 Å². The third kappa shape index (κ3) is 8.29. The van der Waals surface area contributed by atoms with Gasteiger partial charge < -0.3 is 10.2 Å². The molecule has 0 unspecified atom stereocenters. The highest BCUT2D eigenvalue weighted by molar-refractivity contribution is 5.89. The van der Waals surface area contributed by atoms with Gasteiger partial charge in [-0.3, -0.25) is 0 Å². The molecule has 2 amide bonds. The summed E-state index contributed by atoms with van der Waals surface area (Å²) in [6, 6.07) is 18.6. The Balaban J connectivity index is 1.84. The summed E-state index contributed by atoms with van der Waals surface area (Å²) < 4.78 is 0. The van der Waals surface area contributed by atoms with Crippen LogP contribution >= 0.6 is 0 Å². The first-order valence-electron chi connectivity index (χ1n) is 10.4. The molecular formula is C24H34N2O. The van der Waals surface area contributed by atoms with E-state index < -0.39 is 0 Å². The van der Waals surface area contributed by atoms with Gasteiger partial charge in [-0.1, -0.05) is 68.7 Å². The number of aryl methyl sites for hydroxylation is 2. The number of hydrogen-bond acceptors (Lipinski definition) is 1. The fourth-order valence-electron chi connectivity index (χ4n) is 3.25. The third-order valence-corrected chi connectivity index (χ3v) is 4.82. The van der Waals surface area contributed by atoms with Gasteiger partial charge in [0.05, 0.1) is 0 Å². The second-order valence-corrected chi connectivity index (χ2v) is 7.29. The van der Waals surface area contributed by atoms with Crippen LogP contribution in [-0.2, 0) is 6.42 Å². The monoisotopic (exact) mass is 366 g/mol. The number of amides is 2. The summed E-state index contributed by atoms with van der Waals surface area (Å²) in [7, 11) is 0. The lowest BCUT2D eigenvalue weighted by atomic mass is 10.1. The molecule has 0 bridgehead atoms. The van der Waals surface area contributed by atoms with Crippen LogP contribution in [0.25, 0.3) is 0 Å². The summed E-state index contributed by atoms with van der Waals surface area (Å²) in [5, 5.41) is 3.07. The average molecular weight is 367 g/mol. The highest BCUT2D eigenvalue weighted by atomic mass is 16.2. The molecule has 0 spiro atoms. The maximum atomic E-state index is 12.8. The van der Waals surface area contributed by atoms with E-state index in [4.69, 9.17) is 0 Å². The Bertz CT molecular complexity index is 669. The van der Waals surface area contributed by atoms with Gasteiger partial charge in [0.25, 0.3) is 0 Å². The van der Waals surface area contributed by atoms with Crippen LogP contribution in [0.4, 0.5) is 10.5 Å². The number of nitrogens with zero attached hydrogens (tertiary/aromatic N) is 1. The Kier molecular flexibility index (Phi) is 9.47. The average Bonchev–Trinajstić information content (AvgIpc) is 2.67. The minimum Gasteiger partial charge on any atom is -0.325 e. The van der Waals surface area contributed by atoms with Crippen LogP contribution < -0.4 is 5.32 Å². The Labute approximate surface area is 164 Å². The van der Waals surface area contributed by atoms with Crippen molar-refractivity contribution in [2.24, 2.45) is 0 Å². The SMILES string of the molecule is CCCCCCN(CCCCc1ccccc1)C(=O)Nc1cccc(C)c1. The van der Waals surface area contributed by atoms with E-state index in [0.717, 1.165) is 50.0 Å². The predicted octanol–water partition coefficient (Wildman–Crippen LogP) is 6.43. The molecule has 2 aromatic carbocycles. The van der Waals surface area contributed by atoms with Crippen molar-refractivity contribution < 1.29 is 4.79 Å². The van der Waals surface area contributed by atoms with Gasteiger partial charge in [0.1, 0.15) is 0 Å². The molecule has 0 aliphatic rings. The number of hydrogen-bond donors (Lipinski definition) is 1. The summed E-state index contributed by atoms with van der Waals surface area (Å²) in [4.78, 5) is 14.8. The Morgan fingerprint density at radius 2 is 1.63 bits per heavy atom. The van der Waals surface area contributed by atoms with Crippen molar-refractivity contribution in [3.05, 3.63) is 65.7 Å². The number of carbonyl (C=O) groups excluding carboxylic acids is 1. The Morgan fingerprint density at radius 3 is 2.33 bits per heavy atom. The summed E-state index contributed by atoms with van der Waals surface area (Å²) in [6.07, 6.45) is 7.93. The normalized spacial score (nSPS) is 10.6. The minimum absolute atomic E-state index is 0.0248. The molecule has 0 heterocycles. The quantitative estimate of drug-likeness (QED) is 0.456. The smallest absolute Gasteiger partial charge is 0.321 e. The molecule has 27 heavy (non-hydrogen) atoms. The summed E-state index contributed by atoms with van der Waals surface area (Å²) in [5.74, 6) is 0. The summed E-state index contributed by atoms with van der Waals surface area (Å²) >= 11 is 0. The zero-order chi connectivity index (χ0) is 19.3. The van der Waals surface area contributed by atoms with Crippen molar-refractivity contribution in [1.29, 1.82) is 0 Å². The molecule has 1 N–H and O–H groups in total. The van der Waals surface area contributed by atoms with E-state index in [2.05, 4.69) is 42.6 Å². The van der Waals surface area contributed by atoms with E-state index in [1.54, 1.807) is 0 Å². The number of benzene rings is 2. The molecule has 0 radical (unpaired) electrons. The molecule has 0 atom stereocenters. The Morgan fingerprint density at radius 1 is 0.889 bits per heavy atom. The number of nitrogens with one attached hydrogen (secondary N) is 1. The molecule has 0 fully saturated rings. The largest absolute Gasteiger partial charge is 0.325 e. The molecule has 3 heteroatoms. The summed E-state index contributed by atoms with van der Waals surface area (Å²) in [6.45, 7) is 5.91. The zero-order valence-corrected chi connectivity index (χ0v) is 16.9. The van der Waals surface area contributed by atoms with E-state index in [-0.39, 0.29) is 6.03 Å². The van der Waals surface area contributed by atoms with Crippen LogP contribution in [0.15, 0.2) is 54.6 Å². The fraction of sp³-hybridized carbons (Fsp3) is 0.458. The second kappa shape index (κ2) is 12.2. The van der Waals surface area contributed by atoms with Crippen LogP contribution in [0.3, 0.4) is 0 Å². The van der Waals surface area contributed by atoms with E-state index in [1.165, 1.54) is 24.8 Å².